The number of hydrogen-bond donors (Lipinski definition) is 1. The molecule has 0 amide bonds. The van der Waals surface area contributed by atoms with Crippen LogP contribution >= 0.6 is 0 Å². The van der Waals surface area contributed by atoms with Gasteiger partial charge in [0.2, 0.25) is 0 Å². The van der Waals surface area contributed by atoms with Gasteiger partial charge >= 0.3 is 0 Å². The molecule has 2 aromatic rings. The summed E-state index contributed by atoms with van der Waals surface area (Å²) in [5.74, 6) is 1.04. The first-order valence-corrected chi connectivity index (χ1v) is 6.70. The number of nitrogen functional groups attached to an aromatic ring is 1. The molecule has 0 spiro atoms. The number of nitrogens with zero attached hydrogens (tertiary/aromatic N) is 2. The Morgan fingerprint density at radius 2 is 2.16 bits per heavy atom. The molecular formula is C15H19N3O. The fourth-order valence-corrected chi connectivity index (χ4v) is 2.35. The van der Waals surface area contributed by atoms with Gasteiger partial charge in [-0.2, -0.15) is 0 Å². The van der Waals surface area contributed by atoms with Crippen LogP contribution in [0.2, 0.25) is 0 Å². The fourth-order valence-electron chi connectivity index (χ4n) is 2.35. The Labute approximate surface area is 113 Å². The molecule has 0 bridgehead atoms. The summed E-state index contributed by atoms with van der Waals surface area (Å²) in [4.78, 5) is 7.09. The Balaban J connectivity index is 1.92. The maximum Gasteiger partial charge on any atom is 0.129 e. The van der Waals surface area contributed by atoms with E-state index in [2.05, 4.69) is 17.0 Å². The molecule has 0 aliphatic heterocycles. The van der Waals surface area contributed by atoms with Crippen LogP contribution in [-0.4, -0.2) is 31.3 Å². The summed E-state index contributed by atoms with van der Waals surface area (Å²) in [5.41, 5.74) is 7.56. The molecule has 1 heterocycles. The average molecular weight is 257 g/mol. The molecule has 1 aliphatic rings. The number of fused-ring (bicyclic) bond motifs is 1. The zero-order valence-corrected chi connectivity index (χ0v) is 11.2. The van der Waals surface area contributed by atoms with E-state index < -0.39 is 0 Å². The average Bonchev–Trinajstić information content (AvgIpc) is 3.24. The van der Waals surface area contributed by atoms with Gasteiger partial charge in [-0.25, -0.2) is 4.98 Å². The Morgan fingerprint density at radius 3 is 2.89 bits per heavy atom. The van der Waals surface area contributed by atoms with Crippen molar-refractivity contribution < 1.29 is 4.74 Å². The number of anilines is 2. The van der Waals surface area contributed by atoms with Gasteiger partial charge in [0.1, 0.15) is 5.82 Å². The van der Waals surface area contributed by atoms with Gasteiger partial charge in [-0.3, -0.25) is 0 Å². The van der Waals surface area contributed by atoms with E-state index in [1.807, 2.05) is 18.2 Å². The minimum atomic E-state index is 0.633. The topological polar surface area (TPSA) is 51.4 Å². The van der Waals surface area contributed by atoms with Gasteiger partial charge in [-0.15, -0.1) is 0 Å². The highest BCUT2D eigenvalue weighted by Gasteiger charge is 2.29. The van der Waals surface area contributed by atoms with E-state index in [1.54, 1.807) is 7.11 Å². The second-order valence-corrected chi connectivity index (χ2v) is 5.04. The second-order valence-electron chi connectivity index (χ2n) is 5.04. The van der Waals surface area contributed by atoms with Crippen molar-refractivity contribution in [2.45, 2.75) is 18.9 Å². The predicted octanol–water partition coefficient (Wildman–Crippen LogP) is 2.43. The third kappa shape index (κ3) is 2.63. The van der Waals surface area contributed by atoms with Crippen LogP contribution < -0.4 is 10.6 Å². The Bertz CT molecular complexity index is 581. The molecular weight excluding hydrogens is 238 g/mol. The number of pyridine rings is 1. The summed E-state index contributed by atoms with van der Waals surface area (Å²) in [7, 11) is 1.74. The molecule has 4 nitrogen and oxygen atoms in total. The smallest absolute Gasteiger partial charge is 0.129 e. The summed E-state index contributed by atoms with van der Waals surface area (Å²) < 4.78 is 5.19. The van der Waals surface area contributed by atoms with Crippen molar-refractivity contribution >= 4 is 22.4 Å². The van der Waals surface area contributed by atoms with Crippen molar-refractivity contribution in [3.8, 4) is 0 Å². The first-order valence-electron chi connectivity index (χ1n) is 6.70. The standard InChI is InChI=1S/C15H19N3O/c1-19-9-8-18(13-4-5-13)15-7-2-11-10-12(16)3-6-14(11)17-15/h2-3,6-7,10,13H,4-5,8-9,16H2,1H3. The van der Waals surface area contributed by atoms with Gasteiger partial charge in [0.25, 0.3) is 0 Å². The number of ether oxygens (including phenoxy) is 1. The number of rotatable bonds is 5. The quantitative estimate of drug-likeness (QED) is 0.836. The molecule has 0 radical (unpaired) electrons. The molecule has 2 N–H and O–H groups in total. The molecule has 1 aromatic carbocycles. The van der Waals surface area contributed by atoms with Crippen molar-refractivity contribution in [1.82, 2.24) is 4.98 Å². The third-order valence-corrected chi connectivity index (χ3v) is 3.52. The van der Waals surface area contributed by atoms with Crippen LogP contribution in [0.5, 0.6) is 0 Å². The van der Waals surface area contributed by atoms with E-state index in [-0.39, 0.29) is 0 Å². The highest BCUT2D eigenvalue weighted by molar-refractivity contribution is 5.83. The summed E-state index contributed by atoms with van der Waals surface area (Å²) in [5, 5.41) is 1.09. The summed E-state index contributed by atoms with van der Waals surface area (Å²) in [6.07, 6.45) is 2.51. The first kappa shape index (κ1) is 12.2. The number of aromatic nitrogens is 1. The highest BCUT2D eigenvalue weighted by Crippen LogP contribution is 2.31. The molecule has 1 aliphatic carbocycles. The maximum absolute atomic E-state index is 5.79. The zero-order chi connectivity index (χ0) is 13.2. The van der Waals surface area contributed by atoms with E-state index in [1.165, 1.54) is 12.8 Å². The molecule has 100 valence electrons. The summed E-state index contributed by atoms with van der Waals surface area (Å²) in [6.45, 7) is 1.63. The van der Waals surface area contributed by atoms with E-state index in [4.69, 9.17) is 15.5 Å². The zero-order valence-electron chi connectivity index (χ0n) is 11.2. The molecule has 0 saturated heterocycles. The lowest BCUT2D eigenvalue weighted by Crippen LogP contribution is -2.30. The lowest BCUT2D eigenvalue weighted by atomic mass is 10.2. The highest BCUT2D eigenvalue weighted by atomic mass is 16.5. The van der Waals surface area contributed by atoms with E-state index in [0.29, 0.717) is 6.04 Å². The van der Waals surface area contributed by atoms with Gasteiger partial charge in [-0.05, 0) is 43.2 Å². The molecule has 19 heavy (non-hydrogen) atoms. The molecule has 1 fully saturated rings. The van der Waals surface area contributed by atoms with Crippen molar-refractivity contribution in [2.24, 2.45) is 0 Å². The van der Waals surface area contributed by atoms with Crippen LogP contribution in [0.4, 0.5) is 11.5 Å². The van der Waals surface area contributed by atoms with Crippen molar-refractivity contribution in [1.29, 1.82) is 0 Å². The van der Waals surface area contributed by atoms with Gasteiger partial charge in [-0.1, -0.05) is 0 Å². The van der Waals surface area contributed by atoms with Gasteiger partial charge in [0.15, 0.2) is 0 Å². The van der Waals surface area contributed by atoms with E-state index in [9.17, 15) is 0 Å². The van der Waals surface area contributed by atoms with E-state index >= 15 is 0 Å². The van der Waals surface area contributed by atoms with Crippen LogP contribution in [0.3, 0.4) is 0 Å². The second kappa shape index (κ2) is 5.05. The molecule has 1 saturated carbocycles. The van der Waals surface area contributed by atoms with Crippen LogP contribution in [0.25, 0.3) is 10.9 Å². The van der Waals surface area contributed by atoms with Crippen molar-refractivity contribution in [3.63, 3.8) is 0 Å². The molecule has 1 aromatic heterocycles. The van der Waals surface area contributed by atoms with E-state index in [0.717, 1.165) is 35.6 Å². The van der Waals surface area contributed by atoms with Crippen LogP contribution in [-0.2, 0) is 4.74 Å². The van der Waals surface area contributed by atoms with Gasteiger partial charge in [0.05, 0.1) is 12.1 Å². The summed E-state index contributed by atoms with van der Waals surface area (Å²) in [6, 6.07) is 10.6. The Kier molecular flexibility index (Phi) is 3.25. The maximum atomic E-state index is 5.79. The van der Waals surface area contributed by atoms with Crippen LogP contribution in [0, 0.1) is 0 Å². The van der Waals surface area contributed by atoms with Gasteiger partial charge in [0, 0.05) is 30.8 Å². The SMILES string of the molecule is COCCN(c1ccc2cc(N)ccc2n1)C1CC1. The predicted molar refractivity (Wildman–Crippen MR) is 78.4 cm³/mol. The lowest BCUT2D eigenvalue weighted by Gasteiger charge is -2.23. The van der Waals surface area contributed by atoms with Crippen molar-refractivity contribution in [3.05, 3.63) is 30.3 Å². The number of nitrogens with two attached hydrogens (primary N) is 1. The van der Waals surface area contributed by atoms with Gasteiger partial charge < -0.3 is 15.4 Å². The van der Waals surface area contributed by atoms with Crippen molar-refractivity contribution in [2.75, 3.05) is 30.9 Å². The van der Waals surface area contributed by atoms with Crippen LogP contribution in [0.1, 0.15) is 12.8 Å². The molecule has 0 unspecified atom stereocenters. The minimum absolute atomic E-state index is 0.633. The number of methoxy groups -OCH3 is 1. The molecule has 0 atom stereocenters. The molecule has 4 heteroatoms. The normalized spacial score (nSPS) is 14.8. The third-order valence-electron chi connectivity index (χ3n) is 3.52. The fraction of sp³-hybridized carbons (Fsp3) is 0.400. The Morgan fingerprint density at radius 1 is 1.32 bits per heavy atom. The molecule has 3 rings (SSSR count). The Hall–Kier alpha value is -1.81. The summed E-state index contributed by atoms with van der Waals surface area (Å²) >= 11 is 0. The monoisotopic (exact) mass is 257 g/mol. The van der Waals surface area contributed by atoms with Crippen LogP contribution in [0.15, 0.2) is 30.3 Å². The first-order chi connectivity index (χ1) is 9.28. The number of benzene rings is 1. The lowest BCUT2D eigenvalue weighted by molar-refractivity contribution is 0.204. The minimum Gasteiger partial charge on any atom is -0.399 e. The largest absolute Gasteiger partial charge is 0.399 e. The number of hydrogen-bond acceptors (Lipinski definition) is 4.